The number of rotatable bonds is 22. The molecule has 11 unspecified atom stereocenters. The van der Waals surface area contributed by atoms with Crippen molar-refractivity contribution in [1.82, 2.24) is 10.3 Å². The minimum absolute atomic E-state index is 0.00329. The van der Waals surface area contributed by atoms with E-state index in [9.17, 15) is 39.9 Å². The van der Waals surface area contributed by atoms with E-state index in [0.717, 1.165) is 67.4 Å². The summed E-state index contributed by atoms with van der Waals surface area (Å²) in [5.74, 6) is -0.0795. The molecule has 2 heterocycles. The Balaban J connectivity index is 1.37. The number of aliphatic hydroxyl groups is 4. The van der Waals surface area contributed by atoms with Gasteiger partial charge < -0.3 is 62.2 Å². The van der Waals surface area contributed by atoms with Crippen molar-refractivity contribution >= 4 is 41.1 Å². The van der Waals surface area contributed by atoms with Crippen LogP contribution in [0.2, 0.25) is 0 Å². The first kappa shape index (κ1) is 44.0. The van der Waals surface area contributed by atoms with Crippen LogP contribution < -0.4 is 22.1 Å². The number of fused-ring (bicyclic) bond motifs is 5. The Bertz CT molecular complexity index is 1940. The highest BCUT2D eigenvalue weighted by Crippen LogP contribution is 2.56. The number of aliphatic carboxylic acids is 1. The predicted molar refractivity (Wildman–Crippen MR) is 227 cm³/mol. The molecular formula is C45H62N6O8. The number of hydrogen-bond donors (Lipinski definition) is 10. The fourth-order valence-corrected chi connectivity index (χ4v) is 10.2. The monoisotopic (exact) mass is 814 g/mol. The fraction of sp³-hybridized carbons (Fsp3) is 0.556. The van der Waals surface area contributed by atoms with Crippen molar-refractivity contribution in [3.8, 4) is 0 Å². The van der Waals surface area contributed by atoms with Crippen LogP contribution >= 0.6 is 0 Å². The molecule has 2 bridgehead atoms. The number of nitrogens with zero attached hydrogens (tertiary/aromatic N) is 1. The Morgan fingerprint density at radius 3 is 2.51 bits per heavy atom. The van der Waals surface area contributed by atoms with Crippen LogP contribution in [0.1, 0.15) is 99.2 Å². The number of carbonyl (C=O) groups excluding carboxylic acids is 2. The van der Waals surface area contributed by atoms with Crippen LogP contribution in [0, 0.1) is 17.8 Å². The maximum atomic E-state index is 12.7. The summed E-state index contributed by atoms with van der Waals surface area (Å²) in [6, 6.07) is 12.5. The van der Waals surface area contributed by atoms with Gasteiger partial charge in [-0.3, -0.25) is 0 Å². The average molecular weight is 815 g/mol. The second-order valence-corrected chi connectivity index (χ2v) is 17.0. The van der Waals surface area contributed by atoms with E-state index in [1.807, 2.05) is 18.2 Å². The number of hydrogen-bond acceptors (Lipinski definition) is 12. The number of aliphatic hydroxyl groups excluding tert-OH is 4. The molecule has 1 aliphatic heterocycles. The van der Waals surface area contributed by atoms with E-state index in [1.165, 1.54) is 17.2 Å². The number of benzene rings is 2. The molecule has 1 saturated carbocycles. The number of nitrogens with one attached hydrogen (secondary N) is 3. The molecule has 0 spiro atoms. The summed E-state index contributed by atoms with van der Waals surface area (Å²) in [5, 5.41) is 59.3. The molecule has 0 saturated heterocycles. The molecule has 2 aromatic carbocycles. The van der Waals surface area contributed by atoms with Gasteiger partial charge in [0.15, 0.2) is 5.96 Å². The van der Waals surface area contributed by atoms with Crippen molar-refractivity contribution < 1.29 is 39.9 Å². The summed E-state index contributed by atoms with van der Waals surface area (Å²) >= 11 is 0. The number of aromatic amines is 1. The Labute approximate surface area is 345 Å². The minimum Gasteiger partial charge on any atom is -0.478 e. The van der Waals surface area contributed by atoms with Gasteiger partial charge in [0, 0.05) is 37.3 Å². The minimum atomic E-state index is -1.44. The first-order valence-corrected chi connectivity index (χ1v) is 21.3. The summed E-state index contributed by atoms with van der Waals surface area (Å²) in [6.07, 6.45) is 10.2. The summed E-state index contributed by atoms with van der Waals surface area (Å²) in [7, 11) is 0. The Morgan fingerprint density at radius 2 is 1.80 bits per heavy atom. The summed E-state index contributed by atoms with van der Waals surface area (Å²) in [4.78, 5) is 43.8. The van der Waals surface area contributed by atoms with Crippen LogP contribution in [0.15, 0.2) is 65.3 Å². The third-order valence-corrected chi connectivity index (χ3v) is 13.1. The van der Waals surface area contributed by atoms with E-state index >= 15 is 0 Å². The standard InChI is InChI=1S/C45H62N6O8/c46-31(12-9-27(24-54)4-3-16-52)5-1-6-32-35-20-29(34-19-28-10-8-26(14-17-53)18-30(28)21-36(32)34)11-13-33(35)43(51-41-7-2-15-48-41)37(22-42(57)58)38-23-39(50-45(47)49-38)44(59)40(56)25-55/h2,7-8,10,15,17-19,21-22,24,27,29,31-33,35,38-40,43-44,48,51-52,55-56,59H,1,3-6,9,11-14,16,20,23,25,46H2,(H,57,58)(H3,47,49,50). The van der Waals surface area contributed by atoms with E-state index < -0.39 is 42.9 Å². The molecule has 320 valence electrons. The second-order valence-electron chi connectivity index (χ2n) is 17.0. The Morgan fingerprint density at radius 1 is 0.983 bits per heavy atom. The molecule has 59 heavy (non-hydrogen) atoms. The zero-order valence-electron chi connectivity index (χ0n) is 33.7. The van der Waals surface area contributed by atoms with Gasteiger partial charge in [-0.15, -0.1) is 0 Å². The molecule has 0 radical (unpaired) electrons. The van der Waals surface area contributed by atoms with Gasteiger partial charge in [0.05, 0.1) is 24.7 Å². The Kier molecular flexibility index (Phi) is 15.3. The van der Waals surface area contributed by atoms with Crippen LogP contribution in [0.4, 0.5) is 5.82 Å². The molecule has 1 aromatic heterocycles. The molecule has 11 atom stereocenters. The summed E-state index contributed by atoms with van der Waals surface area (Å²) < 4.78 is 0. The average Bonchev–Trinajstić information content (AvgIpc) is 3.75. The largest absolute Gasteiger partial charge is 0.478 e. The van der Waals surface area contributed by atoms with Crippen LogP contribution in [0.25, 0.3) is 10.8 Å². The summed E-state index contributed by atoms with van der Waals surface area (Å²) in [5.41, 5.74) is 17.0. The Hall–Kier alpha value is -4.60. The van der Waals surface area contributed by atoms with Gasteiger partial charge >= 0.3 is 5.97 Å². The molecule has 6 rings (SSSR count). The smallest absolute Gasteiger partial charge is 0.328 e. The molecular weight excluding hydrogens is 753 g/mol. The SMILES string of the molecule is NC1=NC(C(=CC(=O)O)C(Nc2ccc[nH]2)C2CCC3CC2C(CCCC(N)CCC(C=O)CCCO)c2cc4cc(CC=O)ccc4cc23)CC(C(O)C(O)CO)N1. The van der Waals surface area contributed by atoms with Crippen molar-refractivity contribution in [3.63, 3.8) is 0 Å². The number of aliphatic imine (C=N–C) groups is 1. The molecule has 1 fully saturated rings. The van der Waals surface area contributed by atoms with E-state index in [0.29, 0.717) is 49.4 Å². The first-order valence-electron chi connectivity index (χ1n) is 21.3. The zero-order chi connectivity index (χ0) is 42.1. The van der Waals surface area contributed by atoms with E-state index in [1.54, 1.807) is 6.20 Å². The maximum absolute atomic E-state index is 12.7. The first-order chi connectivity index (χ1) is 28.5. The number of anilines is 1. The van der Waals surface area contributed by atoms with Gasteiger partial charge in [-0.2, -0.15) is 0 Å². The maximum Gasteiger partial charge on any atom is 0.328 e. The summed E-state index contributed by atoms with van der Waals surface area (Å²) in [6.45, 7) is -0.603. The number of H-pyrrole nitrogens is 1. The number of carboxylic acid groups (broad SMARTS) is 1. The van der Waals surface area contributed by atoms with Gasteiger partial charge in [-0.05, 0) is 133 Å². The number of guanidine groups is 1. The van der Waals surface area contributed by atoms with Crippen LogP contribution in [0.5, 0.6) is 0 Å². The highest BCUT2D eigenvalue weighted by atomic mass is 16.4. The van der Waals surface area contributed by atoms with Gasteiger partial charge in [-0.25, -0.2) is 9.79 Å². The second kappa shape index (κ2) is 20.6. The molecule has 14 nitrogen and oxygen atoms in total. The van der Waals surface area contributed by atoms with Crippen LogP contribution in [-0.2, 0) is 20.8 Å². The van der Waals surface area contributed by atoms with E-state index in [2.05, 4.69) is 44.9 Å². The van der Waals surface area contributed by atoms with Crippen molar-refractivity contribution in [1.29, 1.82) is 0 Å². The number of carboxylic acids is 1. The van der Waals surface area contributed by atoms with Gasteiger partial charge in [0.1, 0.15) is 30.6 Å². The highest BCUT2D eigenvalue weighted by Gasteiger charge is 2.47. The number of carbonyl (C=O) groups is 3. The highest BCUT2D eigenvalue weighted by molar-refractivity contribution is 5.86. The lowest BCUT2D eigenvalue weighted by Gasteiger charge is -2.50. The van der Waals surface area contributed by atoms with Crippen molar-refractivity contribution in [2.75, 3.05) is 18.5 Å². The van der Waals surface area contributed by atoms with Crippen molar-refractivity contribution in [2.45, 2.75) is 125 Å². The topological polar surface area (TPSA) is 257 Å². The quantitative estimate of drug-likeness (QED) is 0.0516. The van der Waals surface area contributed by atoms with Gasteiger partial charge in [0.2, 0.25) is 0 Å². The van der Waals surface area contributed by atoms with E-state index in [-0.39, 0.29) is 48.7 Å². The number of nitrogens with two attached hydrogens (primary N) is 2. The molecule has 0 amide bonds. The molecule has 14 heteroatoms. The normalized spacial score (nSPS) is 25.4. The molecule has 3 aliphatic rings. The number of aromatic nitrogens is 1. The van der Waals surface area contributed by atoms with Gasteiger partial charge in [-0.1, -0.05) is 36.8 Å². The molecule has 12 N–H and O–H groups in total. The number of aldehydes is 2. The lowest BCUT2D eigenvalue weighted by Crippen LogP contribution is -2.56. The molecule has 2 aliphatic carbocycles. The zero-order valence-corrected chi connectivity index (χ0v) is 33.7. The lowest BCUT2D eigenvalue weighted by atomic mass is 9.56. The van der Waals surface area contributed by atoms with Crippen molar-refractivity contribution in [2.24, 2.45) is 34.2 Å². The molecule has 3 aromatic rings. The predicted octanol–water partition coefficient (Wildman–Crippen LogP) is 3.62. The lowest BCUT2D eigenvalue weighted by molar-refractivity contribution is -0.131. The van der Waals surface area contributed by atoms with Crippen LogP contribution in [0.3, 0.4) is 0 Å². The third-order valence-electron chi connectivity index (χ3n) is 13.1. The van der Waals surface area contributed by atoms with Crippen LogP contribution in [-0.4, -0.2) is 105 Å². The fourth-order valence-electron chi connectivity index (χ4n) is 10.2. The van der Waals surface area contributed by atoms with Gasteiger partial charge in [0.25, 0.3) is 0 Å². The van der Waals surface area contributed by atoms with Crippen molar-refractivity contribution in [3.05, 3.63) is 77.0 Å². The van der Waals surface area contributed by atoms with E-state index in [4.69, 9.17) is 11.5 Å². The third kappa shape index (κ3) is 10.8.